The van der Waals surface area contributed by atoms with E-state index in [2.05, 4.69) is 5.32 Å². The zero-order valence-electron chi connectivity index (χ0n) is 13.8. The van der Waals surface area contributed by atoms with Gasteiger partial charge in [-0.1, -0.05) is 60.7 Å². The summed E-state index contributed by atoms with van der Waals surface area (Å²) in [7, 11) is 0. The van der Waals surface area contributed by atoms with Gasteiger partial charge in [-0.05, 0) is 35.5 Å². The molecule has 3 rings (SSSR count). The van der Waals surface area contributed by atoms with E-state index < -0.39 is 17.1 Å². The molecule has 0 atom stereocenters. The fraction of sp³-hybridized carbons (Fsp3) is 0.0500. The Morgan fingerprint density at radius 3 is 2.35 bits per heavy atom. The predicted molar refractivity (Wildman–Crippen MR) is 103 cm³/mol. The van der Waals surface area contributed by atoms with Gasteiger partial charge in [0.2, 0.25) is 5.91 Å². The number of anilines is 1. The van der Waals surface area contributed by atoms with Gasteiger partial charge in [0.05, 0.1) is 4.91 Å². The molecule has 0 spiro atoms. The van der Waals surface area contributed by atoms with Gasteiger partial charge in [-0.3, -0.25) is 19.3 Å². The third-order valence-electron chi connectivity index (χ3n) is 3.57. The molecule has 0 unspecified atom stereocenters. The zero-order chi connectivity index (χ0) is 18.4. The lowest BCUT2D eigenvalue weighted by molar-refractivity contribution is -0.127. The van der Waals surface area contributed by atoms with E-state index in [0.717, 1.165) is 22.2 Å². The van der Waals surface area contributed by atoms with Crippen molar-refractivity contribution in [2.45, 2.75) is 0 Å². The van der Waals surface area contributed by atoms with Crippen molar-refractivity contribution in [1.82, 2.24) is 4.90 Å². The van der Waals surface area contributed by atoms with Crippen molar-refractivity contribution in [2.75, 3.05) is 11.9 Å². The Kier molecular flexibility index (Phi) is 5.66. The Balaban J connectivity index is 1.62. The zero-order valence-corrected chi connectivity index (χ0v) is 14.6. The summed E-state index contributed by atoms with van der Waals surface area (Å²) in [5.41, 5.74) is 1.61. The SMILES string of the molecule is O=C(CN1C(=O)S/C(=C/C=C/c2ccccc2)C1=O)Nc1ccccc1. The molecular formula is C20H16N2O3S. The Hall–Kier alpha value is -3.12. The summed E-state index contributed by atoms with van der Waals surface area (Å²) in [6, 6.07) is 18.5. The van der Waals surface area contributed by atoms with Crippen molar-refractivity contribution in [3.63, 3.8) is 0 Å². The minimum atomic E-state index is -0.457. The van der Waals surface area contributed by atoms with E-state index >= 15 is 0 Å². The molecule has 1 heterocycles. The van der Waals surface area contributed by atoms with Crippen LogP contribution in [0.2, 0.25) is 0 Å². The van der Waals surface area contributed by atoms with E-state index in [1.54, 1.807) is 36.4 Å². The highest BCUT2D eigenvalue weighted by Crippen LogP contribution is 2.30. The molecule has 6 heteroatoms. The summed E-state index contributed by atoms with van der Waals surface area (Å²) in [6.07, 6.45) is 5.15. The molecule has 0 aromatic heterocycles. The van der Waals surface area contributed by atoms with Crippen LogP contribution in [0.5, 0.6) is 0 Å². The molecular weight excluding hydrogens is 348 g/mol. The van der Waals surface area contributed by atoms with E-state index in [9.17, 15) is 14.4 Å². The molecule has 5 nitrogen and oxygen atoms in total. The lowest BCUT2D eigenvalue weighted by atomic mass is 10.2. The van der Waals surface area contributed by atoms with Crippen molar-refractivity contribution in [3.8, 4) is 0 Å². The Morgan fingerprint density at radius 1 is 1.00 bits per heavy atom. The van der Waals surface area contributed by atoms with Crippen LogP contribution in [0.4, 0.5) is 10.5 Å². The number of carbonyl (C=O) groups excluding carboxylic acids is 3. The third kappa shape index (κ3) is 4.49. The number of para-hydroxylation sites is 1. The normalized spacial score (nSPS) is 15.8. The smallest absolute Gasteiger partial charge is 0.294 e. The molecule has 1 aliphatic rings. The minimum Gasteiger partial charge on any atom is -0.325 e. The van der Waals surface area contributed by atoms with E-state index in [1.807, 2.05) is 42.5 Å². The first-order chi connectivity index (χ1) is 12.6. The molecule has 0 saturated carbocycles. The van der Waals surface area contributed by atoms with E-state index in [1.165, 1.54) is 0 Å². The molecule has 1 aliphatic heterocycles. The molecule has 26 heavy (non-hydrogen) atoms. The number of rotatable bonds is 5. The highest BCUT2D eigenvalue weighted by atomic mass is 32.2. The highest BCUT2D eigenvalue weighted by molar-refractivity contribution is 8.18. The van der Waals surface area contributed by atoms with Gasteiger partial charge in [0, 0.05) is 5.69 Å². The number of hydrogen-bond donors (Lipinski definition) is 1. The van der Waals surface area contributed by atoms with E-state index in [-0.39, 0.29) is 6.54 Å². The number of thioether (sulfide) groups is 1. The lowest BCUT2D eigenvalue weighted by Crippen LogP contribution is -2.36. The number of hydrogen-bond acceptors (Lipinski definition) is 4. The molecule has 0 radical (unpaired) electrons. The first-order valence-electron chi connectivity index (χ1n) is 7.95. The number of imide groups is 1. The summed E-state index contributed by atoms with van der Waals surface area (Å²) in [6.45, 7) is -0.306. The number of nitrogens with zero attached hydrogens (tertiary/aromatic N) is 1. The van der Waals surface area contributed by atoms with Crippen LogP contribution < -0.4 is 5.32 Å². The van der Waals surface area contributed by atoms with Crippen molar-refractivity contribution in [1.29, 1.82) is 0 Å². The number of carbonyl (C=O) groups is 3. The van der Waals surface area contributed by atoms with Crippen LogP contribution in [0, 0.1) is 0 Å². The Labute approximate surface area is 155 Å². The van der Waals surface area contributed by atoms with Crippen molar-refractivity contribution < 1.29 is 14.4 Å². The van der Waals surface area contributed by atoms with Crippen molar-refractivity contribution >= 4 is 40.6 Å². The molecule has 2 aromatic rings. The fourth-order valence-corrected chi connectivity index (χ4v) is 3.12. The quantitative estimate of drug-likeness (QED) is 0.817. The molecule has 1 fully saturated rings. The second-order valence-electron chi connectivity index (χ2n) is 5.47. The highest BCUT2D eigenvalue weighted by Gasteiger charge is 2.35. The van der Waals surface area contributed by atoms with Crippen molar-refractivity contribution in [2.24, 2.45) is 0 Å². The Bertz CT molecular complexity index is 876. The van der Waals surface area contributed by atoms with E-state index in [0.29, 0.717) is 10.6 Å². The molecule has 0 bridgehead atoms. The maximum atomic E-state index is 12.3. The topological polar surface area (TPSA) is 66.5 Å². The first-order valence-corrected chi connectivity index (χ1v) is 8.77. The average molecular weight is 364 g/mol. The van der Waals surface area contributed by atoms with Crippen LogP contribution >= 0.6 is 11.8 Å². The number of benzene rings is 2. The Morgan fingerprint density at radius 2 is 1.65 bits per heavy atom. The molecule has 0 aliphatic carbocycles. The number of amides is 3. The van der Waals surface area contributed by atoms with Gasteiger partial charge < -0.3 is 5.32 Å². The predicted octanol–water partition coefficient (Wildman–Crippen LogP) is 3.92. The monoisotopic (exact) mass is 364 g/mol. The van der Waals surface area contributed by atoms with Crippen LogP contribution in [0.1, 0.15) is 5.56 Å². The van der Waals surface area contributed by atoms with Gasteiger partial charge in [0.25, 0.3) is 11.1 Å². The van der Waals surface area contributed by atoms with Gasteiger partial charge >= 0.3 is 0 Å². The fourth-order valence-electron chi connectivity index (χ4n) is 2.33. The van der Waals surface area contributed by atoms with Crippen LogP contribution in [0.25, 0.3) is 6.08 Å². The maximum absolute atomic E-state index is 12.3. The first kappa shape index (κ1) is 17.7. The van der Waals surface area contributed by atoms with Crippen LogP contribution in [-0.2, 0) is 9.59 Å². The minimum absolute atomic E-state index is 0.301. The second kappa shape index (κ2) is 8.31. The molecule has 130 valence electrons. The van der Waals surface area contributed by atoms with E-state index in [4.69, 9.17) is 0 Å². The number of allylic oxidation sites excluding steroid dienone is 2. The molecule has 1 N–H and O–H groups in total. The summed E-state index contributed by atoms with van der Waals surface area (Å²) < 4.78 is 0. The van der Waals surface area contributed by atoms with Gasteiger partial charge in [-0.2, -0.15) is 0 Å². The van der Waals surface area contributed by atoms with Crippen molar-refractivity contribution in [3.05, 3.63) is 83.3 Å². The maximum Gasteiger partial charge on any atom is 0.294 e. The van der Waals surface area contributed by atoms with Gasteiger partial charge in [0.1, 0.15) is 6.54 Å². The summed E-state index contributed by atoms with van der Waals surface area (Å²) in [4.78, 5) is 37.7. The summed E-state index contributed by atoms with van der Waals surface area (Å²) in [5, 5.41) is 2.21. The summed E-state index contributed by atoms with van der Waals surface area (Å²) in [5.74, 6) is -0.875. The van der Waals surface area contributed by atoms with Crippen LogP contribution in [0.15, 0.2) is 77.7 Å². The molecule has 3 amide bonds. The van der Waals surface area contributed by atoms with Gasteiger partial charge in [0.15, 0.2) is 0 Å². The molecule has 1 saturated heterocycles. The standard InChI is InChI=1S/C20H16N2O3S/c23-18(21-16-11-5-2-6-12-16)14-22-19(24)17(26-20(22)25)13-7-10-15-8-3-1-4-9-15/h1-13H,14H2,(H,21,23)/b10-7+,17-13+. The van der Waals surface area contributed by atoms with Crippen LogP contribution in [-0.4, -0.2) is 28.5 Å². The molecule has 2 aromatic carbocycles. The summed E-state index contributed by atoms with van der Waals surface area (Å²) >= 11 is 0.833. The van der Waals surface area contributed by atoms with Crippen LogP contribution in [0.3, 0.4) is 0 Å². The number of nitrogens with one attached hydrogen (secondary N) is 1. The van der Waals surface area contributed by atoms with Gasteiger partial charge in [-0.15, -0.1) is 0 Å². The third-order valence-corrected chi connectivity index (χ3v) is 4.49. The van der Waals surface area contributed by atoms with Gasteiger partial charge in [-0.25, -0.2) is 0 Å². The second-order valence-corrected chi connectivity index (χ2v) is 6.47. The lowest BCUT2D eigenvalue weighted by Gasteiger charge is -2.12. The largest absolute Gasteiger partial charge is 0.325 e. The average Bonchev–Trinajstić information content (AvgIpc) is 2.91.